The van der Waals surface area contributed by atoms with E-state index in [1.54, 1.807) is 24.3 Å². The normalized spacial score (nSPS) is 10.3. The Morgan fingerprint density at radius 3 is 2.65 bits per heavy atom. The lowest BCUT2D eigenvalue weighted by molar-refractivity contribution is 0.0691. The summed E-state index contributed by atoms with van der Waals surface area (Å²) in [6.07, 6.45) is 0. The number of benzene rings is 1. The highest BCUT2D eigenvalue weighted by Gasteiger charge is 2.16. The molecule has 0 aliphatic heterocycles. The summed E-state index contributed by atoms with van der Waals surface area (Å²) in [5.41, 5.74) is 6.37. The van der Waals surface area contributed by atoms with Crippen molar-refractivity contribution in [1.29, 1.82) is 0 Å². The molecule has 1 aromatic heterocycles. The topological polar surface area (TPSA) is 85.4 Å². The van der Waals surface area contributed by atoms with Crippen molar-refractivity contribution < 1.29 is 14.6 Å². The second-order valence-corrected chi connectivity index (χ2v) is 4.42. The molecule has 0 bridgehead atoms. The minimum absolute atomic E-state index is 0.129. The zero-order valence-corrected chi connectivity index (χ0v) is 11.5. The first kappa shape index (κ1) is 14.1. The van der Waals surface area contributed by atoms with Crippen molar-refractivity contribution in [2.45, 2.75) is 6.92 Å². The summed E-state index contributed by atoms with van der Waals surface area (Å²) in [6.45, 7) is 2.40. The van der Waals surface area contributed by atoms with Gasteiger partial charge < -0.3 is 15.6 Å². The number of anilines is 1. The van der Waals surface area contributed by atoms with Gasteiger partial charge in [-0.1, -0.05) is 11.6 Å². The molecule has 0 spiro atoms. The van der Waals surface area contributed by atoms with E-state index in [4.69, 9.17) is 22.1 Å². The quantitative estimate of drug-likeness (QED) is 0.904. The number of aromatic nitrogens is 1. The van der Waals surface area contributed by atoms with E-state index in [0.29, 0.717) is 28.5 Å². The van der Waals surface area contributed by atoms with Gasteiger partial charge in [-0.25, -0.2) is 9.78 Å². The maximum Gasteiger partial charge on any atom is 0.355 e. The molecule has 0 atom stereocenters. The van der Waals surface area contributed by atoms with E-state index in [-0.39, 0.29) is 11.5 Å². The average Bonchev–Trinajstić information content (AvgIpc) is 2.40. The summed E-state index contributed by atoms with van der Waals surface area (Å²) in [7, 11) is 0. The number of hydrogen-bond acceptors (Lipinski definition) is 4. The third-order valence-electron chi connectivity index (χ3n) is 2.66. The van der Waals surface area contributed by atoms with Gasteiger partial charge in [0.1, 0.15) is 11.6 Å². The third kappa shape index (κ3) is 2.83. The fourth-order valence-electron chi connectivity index (χ4n) is 1.83. The largest absolute Gasteiger partial charge is 0.494 e. The third-order valence-corrected chi connectivity index (χ3v) is 2.97. The van der Waals surface area contributed by atoms with E-state index in [2.05, 4.69) is 4.98 Å². The van der Waals surface area contributed by atoms with Crippen LogP contribution in [0.3, 0.4) is 0 Å². The molecule has 0 saturated heterocycles. The van der Waals surface area contributed by atoms with Gasteiger partial charge in [-0.15, -0.1) is 0 Å². The fraction of sp³-hybridized carbons (Fsp3) is 0.143. The number of hydrogen-bond donors (Lipinski definition) is 2. The first-order chi connectivity index (χ1) is 9.52. The Bertz CT molecular complexity index is 659. The van der Waals surface area contributed by atoms with Gasteiger partial charge >= 0.3 is 5.97 Å². The molecule has 1 aromatic carbocycles. The summed E-state index contributed by atoms with van der Waals surface area (Å²) >= 11 is 6.18. The van der Waals surface area contributed by atoms with Gasteiger partial charge in [-0.05, 0) is 37.3 Å². The maximum atomic E-state index is 11.2. The number of rotatable bonds is 4. The van der Waals surface area contributed by atoms with Crippen LogP contribution in [0.2, 0.25) is 5.02 Å². The summed E-state index contributed by atoms with van der Waals surface area (Å²) in [6, 6.07) is 8.20. The van der Waals surface area contributed by atoms with Crippen LogP contribution in [0.25, 0.3) is 11.1 Å². The number of carbonyl (C=O) groups is 1. The minimum atomic E-state index is -1.16. The van der Waals surface area contributed by atoms with Crippen molar-refractivity contribution >= 4 is 23.4 Å². The predicted molar refractivity (Wildman–Crippen MR) is 77.2 cm³/mol. The van der Waals surface area contributed by atoms with E-state index < -0.39 is 5.97 Å². The minimum Gasteiger partial charge on any atom is -0.494 e. The molecule has 104 valence electrons. The number of nitrogens with two attached hydrogens (primary N) is 1. The van der Waals surface area contributed by atoms with Crippen LogP contribution in [-0.2, 0) is 0 Å². The Morgan fingerprint density at radius 1 is 1.35 bits per heavy atom. The molecule has 3 N–H and O–H groups in total. The van der Waals surface area contributed by atoms with Crippen LogP contribution in [0.15, 0.2) is 30.3 Å². The molecule has 2 rings (SSSR count). The van der Waals surface area contributed by atoms with Crippen molar-refractivity contribution in [2.75, 3.05) is 12.3 Å². The molecule has 6 heteroatoms. The average molecular weight is 293 g/mol. The van der Waals surface area contributed by atoms with Crippen molar-refractivity contribution in [2.24, 2.45) is 0 Å². The molecular formula is C14H13ClN2O3. The van der Waals surface area contributed by atoms with Crippen LogP contribution in [0.5, 0.6) is 5.75 Å². The van der Waals surface area contributed by atoms with Crippen LogP contribution >= 0.6 is 11.6 Å². The highest BCUT2D eigenvalue weighted by atomic mass is 35.5. The predicted octanol–water partition coefficient (Wildman–Crippen LogP) is 3.08. The zero-order chi connectivity index (χ0) is 14.7. The number of nitrogen functional groups attached to an aromatic ring is 1. The SMILES string of the molecule is CCOc1ccc(-c2ccc(N)nc2C(=O)O)c(Cl)c1. The molecule has 0 saturated carbocycles. The van der Waals surface area contributed by atoms with Crippen molar-refractivity contribution in [1.82, 2.24) is 4.98 Å². The number of halogens is 1. The number of carboxylic acids is 1. The molecule has 0 radical (unpaired) electrons. The zero-order valence-electron chi connectivity index (χ0n) is 10.8. The standard InChI is InChI=1S/C14H13ClN2O3/c1-2-20-8-3-4-9(11(15)7-8)10-5-6-12(16)17-13(10)14(18)19/h3-7H,2H2,1H3,(H2,16,17)(H,18,19). The molecule has 2 aromatic rings. The summed E-state index contributed by atoms with van der Waals surface area (Å²) in [5.74, 6) is -0.382. The molecule has 0 fully saturated rings. The van der Waals surface area contributed by atoms with E-state index in [1.165, 1.54) is 6.07 Å². The molecular weight excluding hydrogens is 280 g/mol. The lowest BCUT2D eigenvalue weighted by Crippen LogP contribution is -2.05. The fourth-order valence-corrected chi connectivity index (χ4v) is 2.10. The van der Waals surface area contributed by atoms with Gasteiger partial charge in [0.2, 0.25) is 0 Å². The lowest BCUT2D eigenvalue weighted by atomic mass is 10.0. The smallest absolute Gasteiger partial charge is 0.355 e. The van der Waals surface area contributed by atoms with Gasteiger partial charge in [0, 0.05) is 11.1 Å². The number of carboxylic acid groups (broad SMARTS) is 1. The van der Waals surface area contributed by atoms with Crippen molar-refractivity contribution in [3.63, 3.8) is 0 Å². The van der Waals surface area contributed by atoms with Gasteiger partial charge in [-0.2, -0.15) is 0 Å². The van der Waals surface area contributed by atoms with Gasteiger partial charge in [0.15, 0.2) is 5.69 Å². The van der Waals surface area contributed by atoms with E-state index in [9.17, 15) is 9.90 Å². The van der Waals surface area contributed by atoms with Gasteiger partial charge in [-0.3, -0.25) is 0 Å². The molecule has 5 nitrogen and oxygen atoms in total. The molecule has 0 aliphatic carbocycles. The number of pyridine rings is 1. The van der Waals surface area contributed by atoms with Gasteiger partial charge in [0.05, 0.1) is 11.6 Å². The Balaban J connectivity index is 2.54. The van der Waals surface area contributed by atoms with E-state index in [0.717, 1.165) is 0 Å². The number of aromatic carboxylic acids is 1. The highest BCUT2D eigenvalue weighted by molar-refractivity contribution is 6.33. The van der Waals surface area contributed by atoms with Crippen molar-refractivity contribution in [3.05, 3.63) is 41.0 Å². The summed E-state index contributed by atoms with van der Waals surface area (Å²) < 4.78 is 5.34. The molecule has 1 heterocycles. The first-order valence-electron chi connectivity index (χ1n) is 5.95. The van der Waals surface area contributed by atoms with Crippen LogP contribution in [0, 0.1) is 0 Å². The van der Waals surface area contributed by atoms with Crippen LogP contribution < -0.4 is 10.5 Å². The summed E-state index contributed by atoms with van der Waals surface area (Å²) in [4.78, 5) is 15.1. The summed E-state index contributed by atoms with van der Waals surface area (Å²) in [5, 5.41) is 9.59. The Morgan fingerprint density at radius 2 is 2.05 bits per heavy atom. The molecule has 20 heavy (non-hydrogen) atoms. The number of ether oxygens (including phenoxy) is 1. The molecule has 0 amide bonds. The van der Waals surface area contributed by atoms with Crippen molar-refractivity contribution in [3.8, 4) is 16.9 Å². The molecule has 0 unspecified atom stereocenters. The lowest BCUT2D eigenvalue weighted by Gasteiger charge is -2.10. The second-order valence-electron chi connectivity index (χ2n) is 4.01. The monoisotopic (exact) mass is 292 g/mol. The van der Waals surface area contributed by atoms with Crippen LogP contribution in [0.1, 0.15) is 17.4 Å². The Kier molecular flexibility index (Phi) is 4.10. The Labute approximate surface area is 121 Å². The Hall–Kier alpha value is -2.27. The second kappa shape index (κ2) is 5.79. The molecule has 0 aliphatic rings. The van der Waals surface area contributed by atoms with Crippen LogP contribution in [-0.4, -0.2) is 22.7 Å². The highest BCUT2D eigenvalue weighted by Crippen LogP contribution is 2.33. The van der Waals surface area contributed by atoms with Gasteiger partial charge in [0.25, 0.3) is 0 Å². The maximum absolute atomic E-state index is 11.2. The van der Waals surface area contributed by atoms with E-state index >= 15 is 0 Å². The van der Waals surface area contributed by atoms with E-state index in [1.807, 2.05) is 6.92 Å². The van der Waals surface area contributed by atoms with Crippen LogP contribution in [0.4, 0.5) is 5.82 Å². The first-order valence-corrected chi connectivity index (χ1v) is 6.33. The number of nitrogens with zero attached hydrogens (tertiary/aromatic N) is 1.